The SMILES string of the molecule is CCC(C)n1ccc(Cn2ccc3cc(CO)ccc32)n1. The molecule has 21 heavy (non-hydrogen) atoms. The molecule has 0 radical (unpaired) electrons. The number of fused-ring (bicyclic) bond motifs is 1. The van der Waals surface area contributed by atoms with Gasteiger partial charge in [-0.2, -0.15) is 5.10 Å². The summed E-state index contributed by atoms with van der Waals surface area (Å²) in [5.41, 5.74) is 3.19. The zero-order valence-corrected chi connectivity index (χ0v) is 12.5. The standard InChI is InChI=1S/C17H21N3O/c1-3-13(2)20-9-7-16(18-20)11-19-8-6-15-10-14(12-21)4-5-17(15)19/h4-10,13,21H,3,11-12H2,1-2H3. The normalized spacial score (nSPS) is 12.9. The van der Waals surface area contributed by atoms with E-state index < -0.39 is 0 Å². The fourth-order valence-electron chi connectivity index (χ4n) is 2.55. The summed E-state index contributed by atoms with van der Waals surface area (Å²) in [5.74, 6) is 0. The number of aliphatic hydroxyl groups is 1. The van der Waals surface area contributed by atoms with E-state index >= 15 is 0 Å². The number of nitrogens with zero attached hydrogens (tertiary/aromatic N) is 3. The molecule has 2 heterocycles. The van der Waals surface area contributed by atoms with Crippen LogP contribution in [-0.2, 0) is 13.2 Å². The molecule has 1 atom stereocenters. The van der Waals surface area contributed by atoms with Crippen molar-refractivity contribution in [1.29, 1.82) is 0 Å². The Balaban J connectivity index is 1.86. The van der Waals surface area contributed by atoms with Crippen LogP contribution in [0.5, 0.6) is 0 Å². The summed E-state index contributed by atoms with van der Waals surface area (Å²) in [6.45, 7) is 5.20. The van der Waals surface area contributed by atoms with Crippen LogP contribution in [0.25, 0.3) is 10.9 Å². The molecular formula is C17H21N3O. The van der Waals surface area contributed by atoms with Crippen LogP contribution < -0.4 is 0 Å². The highest BCUT2D eigenvalue weighted by Crippen LogP contribution is 2.19. The van der Waals surface area contributed by atoms with Gasteiger partial charge in [-0.15, -0.1) is 0 Å². The smallest absolute Gasteiger partial charge is 0.0821 e. The van der Waals surface area contributed by atoms with Crippen molar-refractivity contribution in [3.05, 3.63) is 54.0 Å². The molecule has 0 amide bonds. The Morgan fingerprint density at radius 3 is 2.81 bits per heavy atom. The van der Waals surface area contributed by atoms with Crippen LogP contribution in [0.2, 0.25) is 0 Å². The summed E-state index contributed by atoms with van der Waals surface area (Å²) in [7, 11) is 0. The van der Waals surface area contributed by atoms with Gasteiger partial charge in [-0.05, 0) is 48.6 Å². The summed E-state index contributed by atoms with van der Waals surface area (Å²) in [6.07, 6.45) is 5.21. The molecule has 0 aliphatic carbocycles. The first-order valence-electron chi connectivity index (χ1n) is 7.44. The van der Waals surface area contributed by atoms with Crippen molar-refractivity contribution < 1.29 is 5.11 Å². The molecule has 0 saturated heterocycles. The molecule has 0 aliphatic rings. The van der Waals surface area contributed by atoms with Crippen LogP contribution in [0.4, 0.5) is 0 Å². The number of aliphatic hydroxyl groups excluding tert-OH is 1. The second kappa shape index (κ2) is 5.74. The lowest BCUT2D eigenvalue weighted by molar-refractivity contribution is 0.282. The third-order valence-corrected chi connectivity index (χ3v) is 4.06. The highest BCUT2D eigenvalue weighted by atomic mass is 16.3. The topological polar surface area (TPSA) is 43.0 Å². The number of rotatable bonds is 5. The minimum absolute atomic E-state index is 0.0838. The minimum Gasteiger partial charge on any atom is -0.392 e. The average molecular weight is 283 g/mol. The van der Waals surface area contributed by atoms with Gasteiger partial charge < -0.3 is 9.67 Å². The van der Waals surface area contributed by atoms with Gasteiger partial charge in [0.15, 0.2) is 0 Å². The van der Waals surface area contributed by atoms with Crippen molar-refractivity contribution in [2.24, 2.45) is 0 Å². The monoisotopic (exact) mass is 283 g/mol. The van der Waals surface area contributed by atoms with Crippen molar-refractivity contribution >= 4 is 10.9 Å². The molecule has 3 rings (SSSR count). The Morgan fingerprint density at radius 2 is 2.05 bits per heavy atom. The molecular weight excluding hydrogens is 262 g/mol. The lowest BCUT2D eigenvalue weighted by Gasteiger charge is -2.08. The van der Waals surface area contributed by atoms with Gasteiger partial charge in [-0.3, -0.25) is 4.68 Å². The molecule has 110 valence electrons. The minimum atomic E-state index is 0.0838. The van der Waals surface area contributed by atoms with E-state index in [9.17, 15) is 5.11 Å². The summed E-state index contributed by atoms with van der Waals surface area (Å²) >= 11 is 0. The van der Waals surface area contributed by atoms with Crippen molar-refractivity contribution in [2.75, 3.05) is 0 Å². The first-order valence-corrected chi connectivity index (χ1v) is 7.44. The molecule has 0 bridgehead atoms. The van der Waals surface area contributed by atoms with E-state index in [0.717, 1.165) is 29.6 Å². The third-order valence-electron chi connectivity index (χ3n) is 4.06. The lowest BCUT2D eigenvalue weighted by Crippen LogP contribution is -2.06. The van der Waals surface area contributed by atoms with Gasteiger partial charge in [0.05, 0.1) is 18.8 Å². The average Bonchev–Trinajstić information content (AvgIpc) is 3.14. The largest absolute Gasteiger partial charge is 0.392 e. The van der Waals surface area contributed by atoms with Gasteiger partial charge >= 0.3 is 0 Å². The fraction of sp³-hybridized carbons (Fsp3) is 0.353. The van der Waals surface area contributed by atoms with Gasteiger partial charge in [0.25, 0.3) is 0 Å². The first kappa shape index (κ1) is 13.9. The number of hydrogen-bond acceptors (Lipinski definition) is 2. The van der Waals surface area contributed by atoms with E-state index in [0.29, 0.717) is 6.04 Å². The molecule has 1 unspecified atom stereocenters. The maximum Gasteiger partial charge on any atom is 0.0821 e. The van der Waals surface area contributed by atoms with Crippen LogP contribution in [0.3, 0.4) is 0 Å². The number of benzene rings is 1. The van der Waals surface area contributed by atoms with Crippen molar-refractivity contribution in [2.45, 2.75) is 39.5 Å². The Hall–Kier alpha value is -2.07. The van der Waals surface area contributed by atoms with E-state index in [1.54, 1.807) is 0 Å². The van der Waals surface area contributed by atoms with Crippen molar-refractivity contribution in [1.82, 2.24) is 14.3 Å². The van der Waals surface area contributed by atoms with Crippen LogP contribution in [0.1, 0.15) is 37.6 Å². The predicted octanol–water partition coefficient (Wildman–Crippen LogP) is 3.35. The van der Waals surface area contributed by atoms with Gasteiger partial charge in [-0.1, -0.05) is 13.0 Å². The quantitative estimate of drug-likeness (QED) is 0.780. The molecule has 1 N–H and O–H groups in total. The number of aromatic nitrogens is 3. The van der Waals surface area contributed by atoms with E-state index in [1.807, 2.05) is 16.8 Å². The Bertz CT molecular complexity index is 741. The second-order valence-electron chi connectivity index (χ2n) is 5.54. The van der Waals surface area contributed by atoms with E-state index in [2.05, 4.69) is 54.1 Å². The molecule has 2 aromatic heterocycles. The van der Waals surface area contributed by atoms with Crippen LogP contribution >= 0.6 is 0 Å². The predicted molar refractivity (Wildman–Crippen MR) is 84.2 cm³/mol. The zero-order chi connectivity index (χ0) is 14.8. The molecule has 4 nitrogen and oxygen atoms in total. The van der Waals surface area contributed by atoms with Gasteiger partial charge in [0.2, 0.25) is 0 Å². The summed E-state index contributed by atoms with van der Waals surface area (Å²) in [5, 5.41) is 15.0. The Morgan fingerprint density at radius 1 is 1.19 bits per heavy atom. The summed E-state index contributed by atoms with van der Waals surface area (Å²) in [4.78, 5) is 0. The zero-order valence-electron chi connectivity index (χ0n) is 12.5. The maximum atomic E-state index is 9.20. The molecule has 1 aromatic carbocycles. The van der Waals surface area contributed by atoms with Crippen LogP contribution in [0.15, 0.2) is 42.7 Å². The maximum absolute atomic E-state index is 9.20. The number of hydrogen-bond donors (Lipinski definition) is 1. The lowest BCUT2D eigenvalue weighted by atomic mass is 10.2. The highest BCUT2D eigenvalue weighted by Gasteiger charge is 2.07. The van der Waals surface area contributed by atoms with Gasteiger partial charge in [-0.25, -0.2) is 0 Å². The van der Waals surface area contributed by atoms with E-state index in [4.69, 9.17) is 0 Å². The van der Waals surface area contributed by atoms with Gasteiger partial charge in [0, 0.05) is 24.0 Å². The first-order chi connectivity index (χ1) is 10.2. The fourth-order valence-corrected chi connectivity index (χ4v) is 2.55. The molecule has 0 spiro atoms. The van der Waals surface area contributed by atoms with Crippen LogP contribution in [-0.4, -0.2) is 19.5 Å². The second-order valence-corrected chi connectivity index (χ2v) is 5.54. The molecule has 0 fully saturated rings. The highest BCUT2D eigenvalue weighted by molar-refractivity contribution is 5.80. The summed E-state index contributed by atoms with van der Waals surface area (Å²) < 4.78 is 4.23. The molecule has 0 aliphatic heterocycles. The Kier molecular flexibility index (Phi) is 3.80. The van der Waals surface area contributed by atoms with E-state index in [1.165, 1.54) is 5.52 Å². The third kappa shape index (κ3) is 2.72. The van der Waals surface area contributed by atoms with Crippen molar-refractivity contribution in [3.63, 3.8) is 0 Å². The van der Waals surface area contributed by atoms with Gasteiger partial charge in [0.1, 0.15) is 0 Å². The molecule has 4 heteroatoms. The molecule has 3 aromatic rings. The van der Waals surface area contributed by atoms with Crippen molar-refractivity contribution in [3.8, 4) is 0 Å². The van der Waals surface area contributed by atoms with Crippen LogP contribution in [0, 0.1) is 0 Å². The Labute approximate surface area is 124 Å². The molecule has 0 saturated carbocycles. The van der Waals surface area contributed by atoms with E-state index in [-0.39, 0.29) is 6.61 Å². The summed E-state index contributed by atoms with van der Waals surface area (Å²) in [6, 6.07) is 10.7.